The van der Waals surface area contributed by atoms with E-state index in [1.54, 1.807) is 0 Å². The van der Waals surface area contributed by atoms with Crippen LogP contribution in [0.1, 0.15) is 22.6 Å². The SMILES string of the molecule is O=C(c1nc2ccccc2s1)C1CCN(C(=O)O)CC1. The van der Waals surface area contributed by atoms with Crippen LogP contribution in [0, 0.1) is 5.92 Å². The molecule has 0 atom stereocenters. The Bertz CT molecular complexity index is 626. The van der Waals surface area contributed by atoms with Gasteiger partial charge in [-0.3, -0.25) is 4.79 Å². The fourth-order valence-corrected chi connectivity index (χ4v) is 3.47. The molecule has 20 heavy (non-hydrogen) atoms. The number of likely N-dealkylation sites (tertiary alicyclic amines) is 1. The number of carbonyl (C=O) groups excluding carboxylic acids is 1. The minimum atomic E-state index is -0.907. The van der Waals surface area contributed by atoms with E-state index in [0.29, 0.717) is 30.9 Å². The maximum Gasteiger partial charge on any atom is 0.407 e. The van der Waals surface area contributed by atoms with E-state index in [1.165, 1.54) is 16.2 Å². The molecule has 1 aromatic carbocycles. The molecule has 1 N–H and O–H groups in total. The van der Waals surface area contributed by atoms with E-state index in [-0.39, 0.29) is 11.7 Å². The van der Waals surface area contributed by atoms with Crippen molar-refractivity contribution in [3.63, 3.8) is 0 Å². The van der Waals surface area contributed by atoms with Crippen molar-refractivity contribution in [3.05, 3.63) is 29.3 Å². The molecule has 1 saturated heterocycles. The Labute approximate surface area is 119 Å². The van der Waals surface area contributed by atoms with Crippen LogP contribution in [-0.2, 0) is 0 Å². The molecule has 0 radical (unpaired) electrons. The summed E-state index contributed by atoms with van der Waals surface area (Å²) in [5.74, 6) is -0.0533. The zero-order valence-electron chi connectivity index (χ0n) is 10.8. The molecule has 2 aromatic rings. The molecule has 1 amide bonds. The first kappa shape index (κ1) is 13.1. The van der Waals surface area contributed by atoms with Crippen molar-refractivity contribution >= 4 is 33.4 Å². The second-order valence-electron chi connectivity index (χ2n) is 4.89. The Morgan fingerprint density at radius 3 is 2.60 bits per heavy atom. The fourth-order valence-electron chi connectivity index (χ4n) is 2.49. The molecule has 0 saturated carbocycles. The number of thiazole rings is 1. The molecule has 2 heterocycles. The summed E-state index contributed by atoms with van der Waals surface area (Å²) in [6.45, 7) is 0.854. The molecule has 1 fully saturated rings. The van der Waals surface area contributed by atoms with E-state index in [1.807, 2.05) is 24.3 Å². The molecule has 1 aliphatic rings. The maximum atomic E-state index is 12.4. The average Bonchev–Trinajstić information content (AvgIpc) is 2.90. The number of nitrogens with zero attached hydrogens (tertiary/aromatic N) is 2. The van der Waals surface area contributed by atoms with E-state index in [9.17, 15) is 9.59 Å². The van der Waals surface area contributed by atoms with Crippen molar-refractivity contribution in [2.45, 2.75) is 12.8 Å². The van der Waals surface area contributed by atoms with Gasteiger partial charge in [-0.25, -0.2) is 9.78 Å². The molecule has 3 rings (SSSR count). The number of hydrogen-bond donors (Lipinski definition) is 1. The van der Waals surface area contributed by atoms with E-state index < -0.39 is 6.09 Å². The van der Waals surface area contributed by atoms with Crippen molar-refractivity contribution in [3.8, 4) is 0 Å². The number of hydrogen-bond acceptors (Lipinski definition) is 4. The van der Waals surface area contributed by atoms with E-state index in [4.69, 9.17) is 5.11 Å². The summed E-state index contributed by atoms with van der Waals surface area (Å²) in [5.41, 5.74) is 0.851. The zero-order chi connectivity index (χ0) is 14.1. The number of Topliss-reactive ketones (excluding diaryl/α,β-unsaturated/α-hetero) is 1. The zero-order valence-corrected chi connectivity index (χ0v) is 11.6. The van der Waals surface area contributed by atoms with Crippen molar-refractivity contribution in [2.24, 2.45) is 5.92 Å². The Morgan fingerprint density at radius 2 is 1.95 bits per heavy atom. The van der Waals surface area contributed by atoms with Crippen LogP contribution < -0.4 is 0 Å². The van der Waals surface area contributed by atoms with Gasteiger partial charge in [-0.1, -0.05) is 12.1 Å². The van der Waals surface area contributed by atoms with Crippen LogP contribution in [-0.4, -0.2) is 40.0 Å². The Hall–Kier alpha value is -1.95. The second kappa shape index (κ2) is 5.20. The van der Waals surface area contributed by atoms with Crippen LogP contribution in [0.15, 0.2) is 24.3 Å². The van der Waals surface area contributed by atoms with Gasteiger partial charge in [-0.2, -0.15) is 0 Å². The van der Waals surface area contributed by atoms with Gasteiger partial charge in [-0.15, -0.1) is 11.3 Å². The first-order chi connectivity index (χ1) is 9.65. The molecule has 0 aliphatic carbocycles. The third kappa shape index (κ3) is 2.38. The predicted octanol–water partition coefficient (Wildman–Crippen LogP) is 2.87. The third-order valence-electron chi connectivity index (χ3n) is 3.64. The Balaban J connectivity index is 1.75. The number of rotatable bonds is 2. The molecular weight excluding hydrogens is 276 g/mol. The quantitative estimate of drug-likeness (QED) is 0.863. The molecule has 0 unspecified atom stereocenters. The lowest BCUT2D eigenvalue weighted by molar-refractivity contribution is 0.0821. The molecule has 5 nitrogen and oxygen atoms in total. The molecule has 6 heteroatoms. The minimum Gasteiger partial charge on any atom is -0.465 e. The summed E-state index contributed by atoms with van der Waals surface area (Å²) in [6.07, 6.45) is 0.262. The van der Waals surface area contributed by atoms with Crippen LogP contribution in [0.5, 0.6) is 0 Å². The van der Waals surface area contributed by atoms with Crippen LogP contribution in [0.2, 0.25) is 0 Å². The van der Waals surface area contributed by atoms with Crippen LogP contribution in [0.4, 0.5) is 4.79 Å². The van der Waals surface area contributed by atoms with Crippen LogP contribution in [0.25, 0.3) is 10.2 Å². The first-order valence-electron chi connectivity index (χ1n) is 6.53. The average molecular weight is 290 g/mol. The number of benzene rings is 1. The highest BCUT2D eigenvalue weighted by Crippen LogP contribution is 2.27. The van der Waals surface area contributed by atoms with Crippen LogP contribution in [0.3, 0.4) is 0 Å². The molecule has 0 bridgehead atoms. The molecule has 1 aromatic heterocycles. The van der Waals surface area contributed by atoms with Gasteiger partial charge in [-0.05, 0) is 25.0 Å². The fraction of sp³-hybridized carbons (Fsp3) is 0.357. The van der Waals surface area contributed by atoms with Gasteiger partial charge < -0.3 is 10.0 Å². The van der Waals surface area contributed by atoms with Crippen molar-refractivity contribution in [1.29, 1.82) is 0 Å². The topological polar surface area (TPSA) is 70.5 Å². The largest absolute Gasteiger partial charge is 0.465 e. The summed E-state index contributed by atoms with van der Waals surface area (Å²) >= 11 is 1.42. The minimum absolute atomic E-state index is 0.0521. The summed E-state index contributed by atoms with van der Waals surface area (Å²) in [4.78, 5) is 29.0. The van der Waals surface area contributed by atoms with Crippen molar-refractivity contribution in [1.82, 2.24) is 9.88 Å². The number of carbonyl (C=O) groups is 2. The van der Waals surface area contributed by atoms with Gasteiger partial charge >= 0.3 is 6.09 Å². The van der Waals surface area contributed by atoms with Gasteiger partial charge in [0.1, 0.15) is 0 Å². The maximum absolute atomic E-state index is 12.4. The van der Waals surface area contributed by atoms with Crippen LogP contribution >= 0.6 is 11.3 Å². The summed E-state index contributed by atoms with van der Waals surface area (Å²) in [7, 11) is 0. The van der Waals surface area contributed by atoms with Gasteiger partial charge in [0.2, 0.25) is 0 Å². The number of fused-ring (bicyclic) bond motifs is 1. The second-order valence-corrected chi connectivity index (χ2v) is 5.93. The number of piperidine rings is 1. The highest BCUT2D eigenvalue weighted by molar-refractivity contribution is 7.20. The van der Waals surface area contributed by atoms with E-state index >= 15 is 0 Å². The molecule has 0 spiro atoms. The van der Waals surface area contributed by atoms with Crippen molar-refractivity contribution in [2.75, 3.05) is 13.1 Å². The lowest BCUT2D eigenvalue weighted by Crippen LogP contribution is -2.39. The smallest absolute Gasteiger partial charge is 0.407 e. The Morgan fingerprint density at radius 1 is 1.25 bits per heavy atom. The summed E-state index contributed by atoms with van der Waals surface area (Å²) < 4.78 is 1.01. The van der Waals surface area contributed by atoms with Crippen molar-refractivity contribution < 1.29 is 14.7 Å². The van der Waals surface area contributed by atoms with Gasteiger partial charge in [0.05, 0.1) is 10.2 Å². The van der Waals surface area contributed by atoms with Gasteiger partial charge in [0, 0.05) is 19.0 Å². The number of ketones is 1. The number of amides is 1. The molecular formula is C14H14N2O3S. The van der Waals surface area contributed by atoms with Gasteiger partial charge in [0.25, 0.3) is 0 Å². The Kier molecular flexibility index (Phi) is 3.40. The lowest BCUT2D eigenvalue weighted by atomic mass is 9.93. The summed E-state index contributed by atoms with van der Waals surface area (Å²) in [6, 6.07) is 7.69. The number of carboxylic acid groups (broad SMARTS) is 1. The first-order valence-corrected chi connectivity index (χ1v) is 7.34. The normalized spacial score (nSPS) is 16.5. The standard InChI is InChI=1S/C14H14N2O3S/c17-12(9-5-7-16(8-6-9)14(18)19)13-15-10-3-1-2-4-11(10)20-13/h1-4,9H,5-8H2,(H,18,19). The molecule has 104 valence electrons. The monoisotopic (exact) mass is 290 g/mol. The number of para-hydroxylation sites is 1. The van der Waals surface area contributed by atoms with Gasteiger partial charge in [0.15, 0.2) is 10.8 Å². The highest BCUT2D eigenvalue weighted by atomic mass is 32.1. The molecule has 1 aliphatic heterocycles. The highest BCUT2D eigenvalue weighted by Gasteiger charge is 2.29. The van der Waals surface area contributed by atoms with E-state index in [2.05, 4.69) is 4.98 Å². The third-order valence-corrected chi connectivity index (χ3v) is 4.69. The van der Waals surface area contributed by atoms with E-state index in [0.717, 1.165) is 10.2 Å². The number of aromatic nitrogens is 1. The summed E-state index contributed by atoms with van der Waals surface area (Å²) in [5, 5.41) is 9.45. The predicted molar refractivity (Wildman–Crippen MR) is 76.3 cm³/mol. The lowest BCUT2D eigenvalue weighted by Gasteiger charge is -2.28.